The first-order valence-corrected chi connectivity index (χ1v) is 8.34. The molecule has 1 nitrogen and oxygen atoms in total. The maximum Gasteiger partial charge on any atom is 0.166 e. The molecule has 0 saturated carbocycles. The molecule has 0 heterocycles. The van der Waals surface area contributed by atoms with Gasteiger partial charge in [-0.1, -0.05) is 75.1 Å². The van der Waals surface area contributed by atoms with E-state index in [1.54, 1.807) is 0 Å². The summed E-state index contributed by atoms with van der Waals surface area (Å²) < 4.78 is 0. The predicted octanol–water partition coefficient (Wildman–Crippen LogP) is 6.20. The van der Waals surface area contributed by atoms with E-state index in [2.05, 4.69) is 27.7 Å². The first kappa shape index (κ1) is 17.7. The van der Waals surface area contributed by atoms with Crippen molar-refractivity contribution in [1.82, 2.24) is 0 Å². The van der Waals surface area contributed by atoms with Gasteiger partial charge in [-0.25, -0.2) is 0 Å². The predicted molar refractivity (Wildman–Crippen MR) is 91.7 cm³/mol. The molecule has 0 radical (unpaired) electrons. The molecule has 1 atom stereocenters. The summed E-state index contributed by atoms with van der Waals surface area (Å²) in [6.45, 7) is 8.94. The number of allylic oxidation sites excluding steroid dienone is 2. The Bertz CT molecular complexity index is 456. The molecule has 1 aromatic rings. The number of carbonyl (C=O) groups excluding carboxylic acids is 1. The Morgan fingerprint density at radius 2 is 1.81 bits per heavy atom. The molecule has 1 heteroatoms. The molecule has 1 rings (SSSR count). The first-order chi connectivity index (χ1) is 10.1. The molecule has 0 aliphatic heterocycles. The third kappa shape index (κ3) is 6.29. The van der Waals surface area contributed by atoms with Crippen LogP contribution in [0.15, 0.2) is 41.5 Å². The first-order valence-electron chi connectivity index (χ1n) is 8.34. The van der Waals surface area contributed by atoms with Gasteiger partial charge in [0.05, 0.1) is 0 Å². The second kappa shape index (κ2) is 9.55. The average molecular weight is 286 g/mol. The van der Waals surface area contributed by atoms with E-state index in [4.69, 9.17) is 0 Å². The number of Topliss-reactive ketones (excluding diaryl/α,β-unsaturated/α-hetero) is 1. The summed E-state index contributed by atoms with van der Waals surface area (Å²) in [7, 11) is 0. The van der Waals surface area contributed by atoms with Gasteiger partial charge >= 0.3 is 0 Å². The highest BCUT2D eigenvalue weighted by Crippen LogP contribution is 2.25. The van der Waals surface area contributed by atoms with Gasteiger partial charge in [0, 0.05) is 12.0 Å². The van der Waals surface area contributed by atoms with Gasteiger partial charge in [0.1, 0.15) is 0 Å². The number of hydrogen-bond donors (Lipinski definition) is 0. The van der Waals surface area contributed by atoms with Gasteiger partial charge < -0.3 is 0 Å². The van der Waals surface area contributed by atoms with Crippen molar-refractivity contribution in [1.29, 1.82) is 0 Å². The van der Waals surface area contributed by atoms with E-state index in [1.807, 2.05) is 30.3 Å². The number of ketones is 1. The van der Waals surface area contributed by atoms with Crippen LogP contribution in [-0.2, 0) is 0 Å². The number of carbonyl (C=O) groups is 1. The molecule has 0 spiro atoms. The quantitative estimate of drug-likeness (QED) is 0.390. The van der Waals surface area contributed by atoms with Crippen LogP contribution in [0.2, 0.25) is 0 Å². The molecular formula is C20H30O. The average Bonchev–Trinajstić information content (AvgIpc) is 2.52. The topological polar surface area (TPSA) is 17.1 Å². The van der Waals surface area contributed by atoms with Crippen LogP contribution < -0.4 is 0 Å². The van der Waals surface area contributed by atoms with Crippen LogP contribution in [0.1, 0.15) is 76.6 Å². The van der Waals surface area contributed by atoms with Crippen molar-refractivity contribution in [2.75, 3.05) is 0 Å². The molecule has 0 fully saturated rings. The Hall–Kier alpha value is -1.37. The van der Waals surface area contributed by atoms with E-state index in [0.717, 1.165) is 18.4 Å². The van der Waals surface area contributed by atoms with Crippen LogP contribution in [0.3, 0.4) is 0 Å². The van der Waals surface area contributed by atoms with E-state index in [-0.39, 0.29) is 5.78 Å². The van der Waals surface area contributed by atoms with E-state index in [9.17, 15) is 4.79 Å². The van der Waals surface area contributed by atoms with Crippen molar-refractivity contribution in [3.05, 3.63) is 47.0 Å². The molecule has 0 N–H and O–H groups in total. The van der Waals surface area contributed by atoms with Crippen LogP contribution in [0.25, 0.3) is 0 Å². The van der Waals surface area contributed by atoms with Crippen molar-refractivity contribution < 1.29 is 4.79 Å². The molecule has 1 aromatic carbocycles. The molecule has 0 aliphatic carbocycles. The van der Waals surface area contributed by atoms with Crippen molar-refractivity contribution in [2.24, 2.45) is 5.92 Å². The lowest BCUT2D eigenvalue weighted by Gasteiger charge is -2.16. The van der Waals surface area contributed by atoms with Gasteiger partial charge in [-0.2, -0.15) is 0 Å². The standard InChI is InChI=1S/C20H30O/c1-5-7-11-17(4)19(14-16(3)6-2)15-20(21)18-12-9-8-10-13-18/h8-10,12-13,16H,5-7,11,14-15H2,1-4H3/b19-17-. The second-order valence-electron chi connectivity index (χ2n) is 6.17. The number of hydrogen-bond acceptors (Lipinski definition) is 1. The molecule has 0 bridgehead atoms. The summed E-state index contributed by atoms with van der Waals surface area (Å²) in [6, 6.07) is 9.68. The number of unbranched alkanes of at least 4 members (excludes halogenated alkanes) is 1. The monoisotopic (exact) mass is 286 g/mol. The van der Waals surface area contributed by atoms with E-state index >= 15 is 0 Å². The summed E-state index contributed by atoms with van der Waals surface area (Å²) in [5, 5.41) is 0. The third-order valence-corrected chi connectivity index (χ3v) is 4.27. The smallest absolute Gasteiger partial charge is 0.166 e. The van der Waals surface area contributed by atoms with Gasteiger partial charge in [-0.3, -0.25) is 4.79 Å². The van der Waals surface area contributed by atoms with Gasteiger partial charge in [0.2, 0.25) is 0 Å². The van der Waals surface area contributed by atoms with Crippen LogP contribution in [0.4, 0.5) is 0 Å². The molecule has 1 unspecified atom stereocenters. The van der Waals surface area contributed by atoms with Gasteiger partial charge in [0.15, 0.2) is 5.78 Å². The SMILES string of the molecule is CCCC/C(C)=C(\CC(=O)c1ccccc1)CC(C)CC. The second-order valence-corrected chi connectivity index (χ2v) is 6.17. The fourth-order valence-electron chi connectivity index (χ4n) is 2.50. The molecule has 0 aromatic heterocycles. The zero-order valence-corrected chi connectivity index (χ0v) is 14.1. The van der Waals surface area contributed by atoms with Crippen molar-refractivity contribution >= 4 is 5.78 Å². The number of benzene rings is 1. The highest BCUT2D eigenvalue weighted by molar-refractivity contribution is 5.97. The van der Waals surface area contributed by atoms with Gasteiger partial charge in [-0.05, 0) is 32.1 Å². The Labute approximate surface area is 130 Å². The van der Waals surface area contributed by atoms with Gasteiger partial charge in [-0.15, -0.1) is 0 Å². The summed E-state index contributed by atoms with van der Waals surface area (Å²) in [6.07, 6.45) is 6.37. The van der Waals surface area contributed by atoms with Crippen molar-refractivity contribution in [3.63, 3.8) is 0 Å². The Kier molecular flexibility index (Phi) is 8.04. The van der Waals surface area contributed by atoms with Gasteiger partial charge in [0.25, 0.3) is 0 Å². The summed E-state index contributed by atoms with van der Waals surface area (Å²) >= 11 is 0. The maximum atomic E-state index is 12.5. The molecule has 0 saturated heterocycles. The fourth-order valence-corrected chi connectivity index (χ4v) is 2.50. The largest absolute Gasteiger partial charge is 0.294 e. The summed E-state index contributed by atoms with van der Waals surface area (Å²) in [5.74, 6) is 0.907. The van der Waals surface area contributed by atoms with E-state index in [1.165, 1.54) is 30.4 Å². The molecular weight excluding hydrogens is 256 g/mol. The van der Waals surface area contributed by atoms with Crippen molar-refractivity contribution in [2.45, 2.75) is 66.2 Å². The van der Waals surface area contributed by atoms with E-state index < -0.39 is 0 Å². The Morgan fingerprint density at radius 3 is 2.38 bits per heavy atom. The minimum Gasteiger partial charge on any atom is -0.294 e. The normalized spacial score (nSPS) is 13.7. The lowest BCUT2D eigenvalue weighted by atomic mass is 9.89. The minimum absolute atomic E-state index is 0.254. The van der Waals surface area contributed by atoms with Crippen LogP contribution in [-0.4, -0.2) is 5.78 Å². The molecule has 21 heavy (non-hydrogen) atoms. The fraction of sp³-hybridized carbons (Fsp3) is 0.550. The lowest BCUT2D eigenvalue weighted by molar-refractivity contribution is 0.0991. The zero-order valence-electron chi connectivity index (χ0n) is 14.1. The van der Waals surface area contributed by atoms with Crippen LogP contribution in [0.5, 0.6) is 0 Å². The minimum atomic E-state index is 0.254. The molecule has 0 amide bonds. The maximum absolute atomic E-state index is 12.5. The number of rotatable bonds is 9. The third-order valence-electron chi connectivity index (χ3n) is 4.27. The molecule has 0 aliphatic rings. The highest BCUT2D eigenvalue weighted by atomic mass is 16.1. The van der Waals surface area contributed by atoms with Crippen molar-refractivity contribution in [3.8, 4) is 0 Å². The zero-order chi connectivity index (χ0) is 15.7. The lowest BCUT2D eigenvalue weighted by Crippen LogP contribution is -2.06. The van der Waals surface area contributed by atoms with E-state index in [0.29, 0.717) is 12.3 Å². The van der Waals surface area contributed by atoms with Crippen LogP contribution >= 0.6 is 0 Å². The summed E-state index contributed by atoms with van der Waals surface area (Å²) in [5.41, 5.74) is 3.63. The highest BCUT2D eigenvalue weighted by Gasteiger charge is 2.13. The summed E-state index contributed by atoms with van der Waals surface area (Å²) in [4.78, 5) is 12.5. The Balaban J connectivity index is 2.84. The Morgan fingerprint density at radius 1 is 1.14 bits per heavy atom. The van der Waals surface area contributed by atoms with Crippen LogP contribution in [0, 0.1) is 5.92 Å². The molecule has 116 valence electrons.